The second kappa shape index (κ2) is 6.48. The molecule has 0 unspecified atom stereocenters. The summed E-state index contributed by atoms with van der Waals surface area (Å²) >= 11 is 0. The lowest BCUT2D eigenvalue weighted by molar-refractivity contribution is 0.224. The van der Waals surface area contributed by atoms with Crippen LogP contribution in [0.25, 0.3) is 22.4 Å². The second-order valence-electron chi connectivity index (χ2n) is 6.79. The van der Waals surface area contributed by atoms with Crippen molar-refractivity contribution < 1.29 is 4.42 Å². The van der Waals surface area contributed by atoms with Crippen molar-refractivity contribution in [1.82, 2.24) is 19.9 Å². The van der Waals surface area contributed by atoms with E-state index in [4.69, 9.17) is 4.42 Å². The molecule has 0 saturated heterocycles. The van der Waals surface area contributed by atoms with Crippen LogP contribution in [0.5, 0.6) is 0 Å². The van der Waals surface area contributed by atoms with Gasteiger partial charge in [0.2, 0.25) is 0 Å². The van der Waals surface area contributed by atoms with Gasteiger partial charge in [0.15, 0.2) is 0 Å². The molecule has 0 fully saturated rings. The number of fused-ring (bicyclic) bond motifs is 2. The van der Waals surface area contributed by atoms with Crippen molar-refractivity contribution in [3.8, 4) is 11.4 Å². The van der Waals surface area contributed by atoms with Crippen molar-refractivity contribution in [1.29, 1.82) is 0 Å². The first kappa shape index (κ1) is 16.0. The molecule has 27 heavy (non-hydrogen) atoms. The third-order valence-electron chi connectivity index (χ3n) is 4.96. The zero-order valence-electron chi connectivity index (χ0n) is 14.7. The summed E-state index contributed by atoms with van der Waals surface area (Å²) in [5.41, 5.74) is 3.32. The lowest BCUT2D eigenvalue weighted by atomic mass is 10.1. The Hall–Kier alpha value is -3.25. The molecule has 1 N–H and O–H groups in total. The maximum absolute atomic E-state index is 12.6. The highest BCUT2D eigenvalue weighted by atomic mass is 16.3. The zero-order chi connectivity index (χ0) is 18.2. The highest BCUT2D eigenvalue weighted by molar-refractivity contribution is 5.77. The first-order valence-corrected chi connectivity index (χ1v) is 8.98. The third kappa shape index (κ3) is 3.04. The van der Waals surface area contributed by atoms with Gasteiger partial charge in [-0.2, -0.15) is 0 Å². The van der Waals surface area contributed by atoms with E-state index in [1.807, 2.05) is 36.4 Å². The number of hydrogen-bond acceptors (Lipinski definition) is 5. The van der Waals surface area contributed by atoms with Crippen LogP contribution in [0.4, 0.5) is 0 Å². The Kier molecular flexibility index (Phi) is 3.83. The van der Waals surface area contributed by atoms with Crippen molar-refractivity contribution in [2.24, 2.45) is 0 Å². The summed E-state index contributed by atoms with van der Waals surface area (Å²) in [6.45, 7) is 2.10. The number of pyridine rings is 1. The van der Waals surface area contributed by atoms with Gasteiger partial charge in [0, 0.05) is 42.9 Å². The molecule has 0 aliphatic carbocycles. The highest BCUT2D eigenvalue weighted by Gasteiger charge is 2.22. The molecule has 0 radical (unpaired) electrons. The van der Waals surface area contributed by atoms with Gasteiger partial charge in [0.1, 0.15) is 17.2 Å². The number of nitrogens with one attached hydrogen (secondary N) is 1. The van der Waals surface area contributed by atoms with Gasteiger partial charge >= 0.3 is 0 Å². The Morgan fingerprint density at radius 2 is 2.00 bits per heavy atom. The summed E-state index contributed by atoms with van der Waals surface area (Å²) in [6.07, 6.45) is 4.14. The lowest BCUT2D eigenvalue weighted by Crippen LogP contribution is -2.35. The van der Waals surface area contributed by atoms with Crippen LogP contribution in [0, 0.1) is 0 Å². The van der Waals surface area contributed by atoms with E-state index in [0.717, 1.165) is 46.5 Å². The summed E-state index contributed by atoms with van der Waals surface area (Å²) in [5.74, 6) is 1.52. The molecule has 0 atom stereocenters. The third-order valence-corrected chi connectivity index (χ3v) is 4.96. The number of para-hydroxylation sites is 1. The number of benzene rings is 1. The molecule has 4 heterocycles. The largest absolute Gasteiger partial charge is 0.460 e. The normalized spacial score (nSPS) is 14.4. The van der Waals surface area contributed by atoms with E-state index in [1.54, 1.807) is 12.4 Å². The molecule has 0 saturated carbocycles. The van der Waals surface area contributed by atoms with E-state index in [2.05, 4.69) is 25.9 Å². The van der Waals surface area contributed by atoms with Gasteiger partial charge < -0.3 is 9.40 Å². The summed E-state index contributed by atoms with van der Waals surface area (Å²) in [4.78, 5) is 26.5. The first-order valence-electron chi connectivity index (χ1n) is 8.98. The quantitative estimate of drug-likeness (QED) is 0.609. The van der Waals surface area contributed by atoms with Gasteiger partial charge in [-0.1, -0.05) is 18.2 Å². The van der Waals surface area contributed by atoms with E-state index >= 15 is 0 Å². The van der Waals surface area contributed by atoms with Gasteiger partial charge in [0.05, 0.1) is 17.8 Å². The summed E-state index contributed by atoms with van der Waals surface area (Å²) in [7, 11) is 0. The Bertz CT molecular complexity index is 1130. The number of nitrogens with zero attached hydrogens (tertiary/aromatic N) is 3. The minimum atomic E-state index is -0.0684. The zero-order valence-corrected chi connectivity index (χ0v) is 14.7. The van der Waals surface area contributed by atoms with Crippen molar-refractivity contribution in [3.63, 3.8) is 0 Å². The van der Waals surface area contributed by atoms with Crippen LogP contribution in [-0.2, 0) is 19.5 Å². The van der Waals surface area contributed by atoms with E-state index in [9.17, 15) is 4.79 Å². The average molecular weight is 358 g/mol. The van der Waals surface area contributed by atoms with Crippen molar-refractivity contribution >= 4 is 11.0 Å². The van der Waals surface area contributed by atoms with Crippen LogP contribution in [0.1, 0.15) is 17.0 Å². The van der Waals surface area contributed by atoms with Crippen LogP contribution >= 0.6 is 0 Å². The summed E-state index contributed by atoms with van der Waals surface area (Å²) in [6, 6.07) is 13.8. The van der Waals surface area contributed by atoms with Crippen LogP contribution in [0.2, 0.25) is 0 Å². The molecule has 3 aromatic heterocycles. The van der Waals surface area contributed by atoms with Gasteiger partial charge in [-0.25, -0.2) is 4.98 Å². The average Bonchev–Trinajstić information content (AvgIpc) is 3.11. The number of aromatic amines is 1. The molecule has 134 valence electrons. The SMILES string of the molecule is O=c1[nH]c(-c2ccncc2)nc2c1CN(Cc1cc3ccccc3o1)CC2. The Morgan fingerprint density at radius 3 is 2.85 bits per heavy atom. The molecular formula is C21H18N4O2. The van der Waals surface area contributed by atoms with Crippen molar-refractivity contribution in [2.45, 2.75) is 19.5 Å². The Morgan fingerprint density at radius 1 is 1.15 bits per heavy atom. The lowest BCUT2D eigenvalue weighted by Gasteiger charge is -2.26. The predicted molar refractivity (Wildman–Crippen MR) is 102 cm³/mol. The molecule has 1 aromatic carbocycles. The summed E-state index contributed by atoms with van der Waals surface area (Å²) < 4.78 is 5.92. The number of hydrogen-bond donors (Lipinski definition) is 1. The molecule has 4 aromatic rings. The number of furan rings is 1. The molecule has 6 heteroatoms. The van der Waals surface area contributed by atoms with E-state index in [0.29, 0.717) is 18.9 Å². The monoisotopic (exact) mass is 358 g/mol. The second-order valence-corrected chi connectivity index (χ2v) is 6.79. The van der Waals surface area contributed by atoms with Crippen LogP contribution in [-0.4, -0.2) is 26.4 Å². The van der Waals surface area contributed by atoms with Crippen molar-refractivity contribution in [3.05, 3.63) is 82.2 Å². The smallest absolute Gasteiger partial charge is 0.255 e. The molecule has 6 nitrogen and oxygen atoms in total. The fraction of sp³-hybridized carbons (Fsp3) is 0.190. The number of rotatable bonds is 3. The maximum Gasteiger partial charge on any atom is 0.255 e. The van der Waals surface area contributed by atoms with Crippen molar-refractivity contribution in [2.75, 3.05) is 6.54 Å². The summed E-state index contributed by atoms with van der Waals surface area (Å²) in [5, 5.41) is 1.10. The topological polar surface area (TPSA) is 75.0 Å². The maximum atomic E-state index is 12.6. The molecular weight excluding hydrogens is 340 g/mol. The molecule has 0 bridgehead atoms. The minimum Gasteiger partial charge on any atom is -0.460 e. The number of aromatic nitrogens is 3. The standard InChI is InChI=1S/C21H18N4O2/c26-21-17-13-25(12-16-11-15-3-1-2-4-19(15)27-16)10-7-18(17)23-20(24-21)14-5-8-22-9-6-14/h1-6,8-9,11H,7,10,12-13H2,(H,23,24,26). The fourth-order valence-electron chi connectivity index (χ4n) is 3.60. The van der Waals surface area contributed by atoms with Gasteiger partial charge in [-0.15, -0.1) is 0 Å². The van der Waals surface area contributed by atoms with Crippen LogP contribution in [0.3, 0.4) is 0 Å². The van der Waals surface area contributed by atoms with Crippen LogP contribution in [0.15, 0.2) is 64.1 Å². The van der Waals surface area contributed by atoms with E-state index < -0.39 is 0 Å². The van der Waals surface area contributed by atoms with Gasteiger partial charge in [-0.3, -0.25) is 14.7 Å². The molecule has 1 aliphatic heterocycles. The molecule has 5 rings (SSSR count). The minimum absolute atomic E-state index is 0.0684. The predicted octanol–water partition coefficient (Wildman–Crippen LogP) is 3.14. The highest BCUT2D eigenvalue weighted by Crippen LogP contribution is 2.23. The molecule has 0 spiro atoms. The van der Waals surface area contributed by atoms with Gasteiger partial charge in [0.25, 0.3) is 5.56 Å². The van der Waals surface area contributed by atoms with E-state index in [-0.39, 0.29) is 5.56 Å². The Balaban J connectivity index is 1.40. The van der Waals surface area contributed by atoms with E-state index in [1.165, 1.54) is 0 Å². The Labute approximate surface area is 155 Å². The number of H-pyrrole nitrogens is 1. The first-order chi connectivity index (χ1) is 13.3. The molecule has 1 aliphatic rings. The fourth-order valence-corrected chi connectivity index (χ4v) is 3.60. The van der Waals surface area contributed by atoms with Gasteiger partial charge in [-0.05, 0) is 24.3 Å². The van der Waals surface area contributed by atoms with Crippen LogP contribution < -0.4 is 5.56 Å². The molecule has 0 amide bonds.